The van der Waals surface area contributed by atoms with E-state index >= 15 is 0 Å². The van der Waals surface area contributed by atoms with Gasteiger partial charge in [0.05, 0.1) is 25.4 Å². The van der Waals surface area contributed by atoms with Crippen molar-refractivity contribution in [2.24, 2.45) is 5.41 Å². The maximum atomic E-state index is 13.6. The van der Waals surface area contributed by atoms with Crippen LogP contribution >= 0.6 is 0 Å². The highest BCUT2D eigenvalue weighted by Gasteiger charge is 2.54. The Balaban J connectivity index is 1.71. The van der Waals surface area contributed by atoms with Crippen LogP contribution in [0.2, 0.25) is 0 Å². The van der Waals surface area contributed by atoms with Crippen molar-refractivity contribution in [2.75, 3.05) is 27.8 Å². The highest BCUT2D eigenvalue weighted by molar-refractivity contribution is 6.17. The SMILES string of the molecule is COC(=O)C1=C(C(=O)OC)CC2=C(C1)CN(C)C(=O)C1(CC/C(=C\c3ccccc3)C1=O)C2. The minimum absolute atomic E-state index is 0.153. The van der Waals surface area contributed by atoms with Crippen molar-refractivity contribution in [3.05, 3.63) is 63.8 Å². The Morgan fingerprint density at radius 2 is 1.58 bits per heavy atom. The summed E-state index contributed by atoms with van der Waals surface area (Å²) in [4.78, 5) is 53.6. The highest BCUT2D eigenvalue weighted by atomic mass is 16.5. The summed E-state index contributed by atoms with van der Waals surface area (Å²) < 4.78 is 9.79. The summed E-state index contributed by atoms with van der Waals surface area (Å²) in [6.45, 7) is 0.301. The number of ether oxygens (including phenoxy) is 2. The standard InChI is InChI=1S/C26H27NO6/c1-27-15-19-13-21(24(30)33-3)20(23(29)32-2)12-18(19)14-26(25(27)31)10-9-17(22(26)28)11-16-7-5-4-6-8-16/h4-8,11H,9-10,12-15H2,1-3H3/b17-11+. The third-order valence-electron chi connectivity index (χ3n) is 6.90. The summed E-state index contributed by atoms with van der Waals surface area (Å²) in [5.41, 5.74) is 2.60. The first-order chi connectivity index (χ1) is 15.8. The first-order valence-corrected chi connectivity index (χ1v) is 10.9. The lowest BCUT2D eigenvalue weighted by Crippen LogP contribution is -2.44. The van der Waals surface area contributed by atoms with E-state index in [1.165, 1.54) is 14.2 Å². The van der Waals surface area contributed by atoms with E-state index in [0.29, 0.717) is 25.0 Å². The number of likely N-dealkylation sites (N-methyl/N-ethyl adjacent to an activating group) is 1. The number of Topliss-reactive ketones (excluding diaryl/α,β-unsaturated/α-hetero) is 1. The average Bonchev–Trinajstić information content (AvgIpc) is 3.08. The van der Waals surface area contributed by atoms with Crippen LogP contribution in [0, 0.1) is 5.41 Å². The molecule has 0 N–H and O–H groups in total. The number of ketones is 1. The molecule has 0 radical (unpaired) electrons. The van der Waals surface area contributed by atoms with Crippen LogP contribution in [0.5, 0.6) is 0 Å². The Hall–Kier alpha value is -3.48. The van der Waals surface area contributed by atoms with Gasteiger partial charge in [-0.05, 0) is 42.0 Å². The first-order valence-electron chi connectivity index (χ1n) is 10.9. The fraction of sp³-hybridized carbons (Fsp3) is 0.385. The zero-order chi connectivity index (χ0) is 23.8. The van der Waals surface area contributed by atoms with Crippen LogP contribution in [0.15, 0.2) is 58.2 Å². The zero-order valence-electron chi connectivity index (χ0n) is 19.1. The summed E-state index contributed by atoms with van der Waals surface area (Å²) in [6, 6.07) is 9.58. The van der Waals surface area contributed by atoms with Crippen molar-refractivity contribution in [2.45, 2.75) is 32.1 Å². The molecular weight excluding hydrogens is 422 g/mol. The molecular formula is C26H27NO6. The van der Waals surface area contributed by atoms with Crippen molar-refractivity contribution in [3.8, 4) is 0 Å². The molecule has 0 bridgehead atoms. The first kappa shape index (κ1) is 22.7. The Morgan fingerprint density at radius 3 is 2.18 bits per heavy atom. The minimum atomic E-state index is -1.18. The van der Waals surface area contributed by atoms with Gasteiger partial charge in [-0.2, -0.15) is 0 Å². The number of hydrogen-bond acceptors (Lipinski definition) is 6. The predicted octanol–water partition coefficient (Wildman–Crippen LogP) is 3.01. The number of esters is 2. The third kappa shape index (κ3) is 3.92. The molecule has 7 nitrogen and oxygen atoms in total. The third-order valence-corrected chi connectivity index (χ3v) is 6.90. The van der Waals surface area contributed by atoms with E-state index in [1.54, 1.807) is 11.9 Å². The van der Waals surface area contributed by atoms with Crippen molar-refractivity contribution in [1.29, 1.82) is 0 Å². The molecule has 1 amide bonds. The lowest BCUT2D eigenvalue weighted by molar-refractivity contribution is -0.145. The molecule has 1 unspecified atom stereocenters. The zero-order valence-corrected chi connectivity index (χ0v) is 19.1. The summed E-state index contributed by atoms with van der Waals surface area (Å²) in [6.07, 6.45) is 3.40. The van der Waals surface area contributed by atoms with Gasteiger partial charge in [0.15, 0.2) is 5.78 Å². The number of carbonyl (C=O) groups excluding carboxylic acids is 4. The summed E-state index contributed by atoms with van der Waals surface area (Å²) in [7, 11) is 4.22. The molecule has 1 atom stereocenters. The van der Waals surface area contributed by atoms with Gasteiger partial charge in [-0.25, -0.2) is 9.59 Å². The lowest BCUT2D eigenvalue weighted by atomic mass is 9.74. The molecule has 0 aromatic heterocycles. The smallest absolute Gasteiger partial charge is 0.334 e. The molecule has 2 aliphatic carbocycles. The van der Waals surface area contributed by atoms with Crippen LogP contribution in [0.25, 0.3) is 6.08 Å². The normalized spacial score (nSPS) is 24.3. The monoisotopic (exact) mass is 449 g/mol. The molecule has 172 valence electrons. The van der Waals surface area contributed by atoms with E-state index in [1.807, 2.05) is 36.4 Å². The number of benzene rings is 1. The van der Waals surface area contributed by atoms with Crippen molar-refractivity contribution in [1.82, 2.24) is 4.90 Å². The molecule has 1 aromatic carbocycles. The maximum Gasteiger partial charge on any atom is 0.334 e. The van der Waals surface area contributed by atoms with E-state index < -0.39 is 17.4 Å². The highest BCUT2D eigenvalue weighted by Crippen LogP contribution is 2.49. The Kier molecular flexibility index (Phi) is 6.06. The van der Waals surface area contributed by atoms with E-state index in [0.717, 1.165) is 16.7 Å². The van der Waals surface area contributed by atoms with Gasteiger partial charge in [0.2, 0.25) is 5.91 Å². The number of nitrogens with zero attached hydrogens (tertiary/aromatic N) is 1. The Labute approximate surface area is 192 Å². The summed E-state index contributed by atoms with van der Waals surface area (Å²) >= 11 is 0. The molecule has 1 spiro atoms. The topological polar surface area (TPSA) is 90.0 Å². The Bertz CT molecular complexity index is 1130. The molecule has 1 fully saturated rings. The van der Waals surface area contributed by atoms with Crippen LogP contribution in [0.4, 0.5) is 0 Å². The fourth-order valence-electron chi connectivity index (χ4n) is 5.19. The molecule has 1 aliphatic heterocycles. The maximum absolute atomic E-state index is 13.6. The molecule has 33 heavy (non-hydrogen) atoms. The number of carbonyl (C=O) groups is 4. The van der Waals surface area contributed by atoms with Crippen molar-refractivity contribution in [3.63, 3.8) is 0 Å². The largest absolute Gasteiger partial charge is 0.466 e. The summed E-state index contributed by atoms with van der Waals surface area (Å²) in [5, 5.41) is 0. The molecule has 0 saturated heterocycles. The van der Waals surface area contributed by atoms with Crippen LogP contribution in [-0.4, -0.2) is 56.3 Å². The second-order valence-corrected chi connectivity index (χ2v) is 8.83. The van der Waals surface area contributed by atoms with E-state index in [9.17, 15) is 19.2 Å². The Morgan fingerprint density at radius 1 is 0.970 bits per heavy atom. The van der Waals surface area contributed by atoms with Crippen LogP contribution in [0.3, 0.4) is 0 Å². The number of hydrogen-bond donors (Lipinski definition) is 0. The molecule has 7 heteroatoms. The number of allylic oxidation sites excluding steroid dienone is 2. The van der Waals surface area contributed by atoms with Crippen LogP contribution < -0.4 is 0 Å². The second kappa shape index (κ2) is 8.81. The summed E-state index contributed by atoms with van der Waals surface area (Å²) in [5.74, 6) is -1.54. The van der Waals surface area contributed by atoms with Gasteiger partial charge >= 0.3 is 11.9 Å². The fourth-order valence-corrected chi connectivity index (χ4v) is 5.19. The predicted molar refractivity (Wildman–Crippen MR) is 121 cm³/mol. The minimum Gasteiger partial charge on any atom is -0.466 e. The van der Waals surface area contributed by atoms with E-state index in [2.05, 4.69) is 0 Å². The van der Waals surface area contributed by atoms with Crippen molar-refractivity contribution < 1.29 is 28.7 Å². The van der Waals surface area contributed by atoms with Crippen molar-refractivity contribution >= 4 is 29.7 Å². The van der Waals surface area contributed by atoms with Gasteiger partial charge < -0.3 is 14.4 Å². The van der Waals surface area contributed by atoms with Gasteiger partial charge in [-0.3, -0.25) is 9.59 Å². The van der Waals surface area contributed by atoms with Gasteiger partial charge in [0.25, 0.3) is 0 Å². The number of rotatable bonds is 3. The van der Waals surface area contributed by atoms with Gasteiger partial charge in [0, 0.05) is 26.4 Å². The van der Waals surface area contributed by atoms with E-state index in [-0.39, 0.29) is 42.1 Å². The van der Waals surface area contributed by atoms with Gasteiger partial charge in [-0.1, -0.05) is 35.9 Å². The molecule has 1 heterocycles. The number of amides is 1. The van der Waals surface area contributed by atoms with Gasteiger partial charge in [0.1, 0.15) is 5.41 Å². The number of methoxy groups -OCH3 is 2. The quantitative estimate of drug-likeness (QED) is 0.305. The molecule has 4 rings (SSSR count). The molecule has 1 saturated carbocycles. The molecule has 3 aliphatic rings. The van der Waals surface area contributed by atoms with Gasteiger partial charge in [-0.15, -0.1) is 0 Å². The molecule has 1 aromatic rings. The van der Waals surface area contributed by atoms with Crippen LogP contribution in [0.1, 0.15) is 37.7 Å². The van der Waals surface area contributed by atoms with E-state index in [4.69, 9.17) is 9.47 Å². The average molecular weight is 450 g/mol. The second-order valence-electron chi connectivity index (χ2n) is 8.83. The van der Waals surface area contributed by atoms with Crippen LogP contribution in [-0.2, 0) is 28.7 Å². The lowest BCUT2D eigenvalue weighted by Gasteiger charge is -2.28.